The lowest BCUT2D eigenvalue weighted by atomic mass is 10.2. The van der Waals surface area contributed by atoms with Crippen LogP contribution in [-0.4, -0.2) is 39.8 Å². The quantitative estimate of drug-likeness (QED) is 0.237. The molecule has 0 aromatic rings. The molecule has 0 rings (SSSR count). The smallest absolute Gasteiger partial charge is 0.140 e. The van der Waals surface area contributed by atoms with E-state index in [1.807, 2.05) is 6.92 Å². The molecule has 0 aromatic heterocycles. The van der Waals surface area contributed by atoms with E-state index in [0.29, 0.717) is 18.7 Å². The van der Waals surface area contributed by atoms with E-state index < -0.39 is 10.8 Å². The van der Waals surface area contributed by atoms with Gasteiger partial charge in [0.1, 0.15) is 5.84 Å². The van der Waals surface area contributed by atoms with Crippen LogP contribution in [0, 0.1) is 0 Å². The van der Waals surface area contributed by atoms with Crippen molar-refractivity contribution < 1.29 is 9.42 Å². The summed E-state index contributed by atoms with van der Waals surface area (Å²) in [5, 5.41) is 14.3. The monoisotopic (exact) mass is 207 g/mol. The Morgan fingerprint density at radius 2 is 2.38 bits per heavy atom. The number of hydrogen-bond donors (Lipinski definition) is 3. The van der Waals surface area contributed by atoms with Crippen LogP contribution < -0.4 is 11.1 Å². The van der Waals surface area contributed by atoms with Crippen molar-refractivity contribution in [1.29, 1.82) is 0 Å². The minimum atomic E-state index is -0.770. The molecule has 0 aromatic carbocycles. The van der Waals surface area contributed by atoms with E-state index >= 15 is 0 Å². The van der Waals surface area contributed by atoms with Gasteiger partial charge in [-0.2, -0.15) is 0 Å². The van der Waals surface area contributed by atoms with Crippen LogP contribution >= 0.6 is 0 Å². The third-order valence-electron chi connectivity index (χ3n) is 1.53. The lowest BCUT2D eigenvalue weighted by molar-refractivity contribution is 0.316. The predicted molar refractivity (Wildman–Crippen MR) is 54.4 cm³/mol. The number of amidine groups is 1. The SMILES string of the molecule is CC(CC(N)=NO)NCCS(C)=O. The van der Waals surface area contributed by atoms with E-state index in [4.69, 9.17) is 10.9 Å². The molecule has 0 amide bonds. The maximum Gasteiger partial charge on any atom is 0.140 e. The Labute approximate surface area is 80.8 Å². The number of hydrogen-bond acceptors (Lipinski definition) is 4. The Hall–Kier alpha value is -0.620. The summed E-state index contributed by atoms with van der Waals surface area (Å²) >= 11 is 0. The van der Waals surface area contributed by atoms with Crippen LogP contribution in [0.4, 0.5) is 0 Å². The molecule has 13 heavy (non-hydrogen) atoms. The maximum atomic E-state index is 10.7. The molecule has 0 aliphatic heterocycles. The minimum Gasteiger partial charge on any atom is -0.409 e. The van der Waals surface area contributed by atoms with Gasteiger partial charge in [-0.05, 0) is 6.92 Å². The molecule has 2 atom stereocenters. The lowest BCUT2D eigenvalue weighted by Crippen LogP contribution is -2.33. The van der Waals surface area contributed by atoms with Gasteiger partial charge in [0.2, 0.25) is 0 Å². The van der Waals surface area contributed by atoms with Gasteiger partial charge in [0, 0.05) is 41.8 Å². The highest BCUT2D eigenvalue weighted by molar-refractivity contribution is 7.84. The van der Waals surface area contributed by atoms with Crippen molar-refractivity contribution in [3.63, 3.8) is 0 Å². The summed E-state index contributed by atoms with van der Waals surface area (Å²) in [5.41, 5.74) is 5.31. The van der Waals surface area contributed by atoms with E-state index in [1.165, 1.54) is 0 Å². The van der Waals surface area contributed by atoms with Crippen molar-refractivity contribution in [3.05, 3.63) is 0 Å². The van der Waals surface area contributed by atoms with Crippen molar-refractivity contribution in [2.45, 2.75) is 19.4 Å². The van der Waals surface area contributed by atoms with Gasteiger partial charge in [-0.1, -0.05) is 5.16 Å². The standard InChI is InChI=1S/C7H17N3O2S/c1-6(5-7(8)10-11)9-3-4-13(2)12/h6,9,11H,3-5H2,1-2H3,(H2,8,10). The first-order valence-electron chi connectivity index (χ1n) is 4.06. The molecule has 0 heterocycles. The second-order valence-electron chi connectivity index (χ2n) is 2.93. The van der Waals surface area contributed by atoms with Crippen molar-refractivity contribution in [3.8, 4) is 0 Å². The van der Waals surface area contributed by atoms with Crippen LogP contribution in [0.2, 0.25) is 0 Å². The first-order chi connectivity index (χ1) is 6.06. The molecule has 0 aliphatic rings. The van der Waals surface area contributed by atoms with Crippen molar-refractivity contribution in [2.24, 2.45) is 10.9 Å². The van der Waals surface area contributed by atoms with E-state index in [1.54, 1.807) is 6.26 Å². The van der Waals surface area contributed by atoms with Crippen LogP contribution in [0.25, 0.3) is 0 Å². The Morgan fingerprint density at radius 3 is 2.85 bits per heavy atom. The van der Waals surface area contributed by atoms with Gasteiger partial charge in [-0.15, -0.1) is 0 Å². The summed E-state index contributed by atoms with van der Waals surface area (Å²) in [7, 11) is -0.770. The third-order valence-corrected chi connectivity index (χ3v) is 2.31. The first kappa shape index (κ1) is 12.4. The molecule has 78 valence electrons. The Kier molecular flexibility index (Phi) is 6.52. The highest BCUT2D eigenvalue weighted by Gasteiger charge is 2.03. The van der Waals surface area contributed by atoms with Gasteiger partial charge in [0.25, 0.3) is 0 Å². The normalized spacial score (nSPS) is 16.9. The molecule has 0 fully saturated rings. The number of oxime groups is 1. The molecule has 6 heteroatoms. The predicted octanol–water partition coefficient (Wildman–Crippen LogP) is -0.520. The Bertz CT molecular complexity index is 196. The summed E-state index contributed by atoms with van der Waals surface area (Å²) in [5.74, 6) is 0.832. The van der Waals surface area contributed by atoms with Crippen LogP contribution in [0.15, 0.2) is 5.16 Å². The van der Waals surface area contributed by atoms with Crippen molar-refractivity contribution in [2.75, 3.05) is 18.6 Å². The summed E-state index contributed by atoms with van der Waals surface area (Å²) in [6.45, 7) is 2.61. The van der Waals surface area contributed by atoms with E-state index in [9.17, 15) is 4.21 Å². The highest BCUT2D eigenvalue weighted by atomic mass is 32.2. The first-order valence-corrected chi connectivity index (χ1v) is 5.78. The van der Waals surface area contributed by atoms with E-state index in [-0.39, 0.29) is 11.9 Å². The average molecular weight is 207 g/mol. The molecule has 0 aliphatic carbocycles. The summed E-state index contributed by atoms with van der Waals surface area (Å²) < 4.78 is 10.7. The third kappa shape index (κ3) is 7.73. The fourth-order valence-corrected chi connectivity index (χ4v) is 1.28. The largest absolute Gasteiger partial charge is 0.409 e. The molecule has 4 N–H and O–H groups in total. The molecule has 0 radical (unpaired) electrons. The van der Waals surface area contributed by atoms with Crippen LogP contribution in [0.1, 0.15) is 13.3 Å². The molecular formula is C7H17N3O2S. The average Bonchev–Trinajstić information content (AvgIpc) is 2.03. The number of nitrogens with one attached hydrogen (secondary N) is 1. The molecule has 2 unspecified atom stereocenters. The molecule has 0 spiro atoms. The van der Waals surface area contributed by atoms with Crippen LogP contribution in [0.3, 0.4) is 0 Å². The zero-order valence-electron chi connectivity index (χ0n) is 7.99. The van der Waals surface area contributed by atoms with Gasteiger partial charge in [-0.3, -0.25) is 4.21 Å². The topological polar surface area (TPSA) is 87.7 Å². The highest BCUT2D eigenvalue weighted by Crippen LogP contribution is 1.89. The molecule has 0 saturated carbocycles. The summed E-state index contributed by atoms with van der Waals surface area (Å²) in [6.07, 6.45) is 2.16. The zero-order valence-corrected chi connectivity index (χ0v) is 8.80. The zero-order chi connectivity index (χ0) is 10.3. The number of nitrogens with zero attached hydrogens (tertiary/aromatic N) is 1. The van der Waals surface area contributed by atoms with Gasteiger partial charge < -0.3 is 16.3 Å². The second-order valence-corrected chi connectivity index (χ2v) is 4.48. The minimum absolute atomic E-state index is 0.138. The molecule has 5 nitrogen and oxygen atoms in total. The molecule has 0 saturated heterocycles. The fourth-order valence-electron chi connectivity index (χ4n) is 0.876. The number of rotatable bonds is 6. The summed E-state index contributed by atoms with van der Waals surface area (Å²) in [4.78, 5) is 0. The van der Waals surface area contributed by atoms with Crippen LogP contribution in [-0.2, 0) is 10.8 Å². The van der Waals surface area contributed by atoms with Crippen LogP contribution in [0.5, 0.6) is 0 Å². The van der Waals surface area contributed by atoms with Gasteiger partial charge in [0.15, 0.2) is 0 Å². The molecular weight excluding hydrogens is 190 g/mol. The van der Waals surface area contributed by atoms with E-state index in [2.05, 4.69) is 10.5 Å². The second kappa shape index (κ2) is 6.85. The van der Waals surface area contributed by atoms with Crippen molar-refractivity contribution >= 4 is 16.6 Å². The Morgan fingerprint density at radius 1 is 1.77 bits per heavy atom. The van der Waals surface area contributed by atoms with Gasteiger partial charge in [-0.25, -0.2) is 0 Å². The van der Waals surface area contributed by atoms with Crippen molar-refractivity contribution in [1.82, 2.24) is 5.32 Å². The number of nitrogens with two attached hydrogens (primary N) is 1. The van der Waals surface area contributed by atoms with Gasteiger partial charge >= 0.3 is 0 Å². The lowest BCUT2D eigenvalue weighted by Gasteiger charge is -2.11. The van der Waals surface area contributed by atoms with E-state index in [0.717, 1.165) is 0 Å². The fraction of sp³-hybridized carbons (Fsp3) is 0.857. The summed E-state index contributed by atoms with van der Waals surface area (Å²) in [6, 6.07) is 0.138. The van der Waals surface area contributed by atoms with Gasteiger partial charge in [0.05, 0.1) is 0 Å². The maximum absolute atomic E-state index is 10.7. The Balaban J connectivity index is 3.51. The molecule has 0 bridgehead atoms.